The summed E-state index contributed by atoms with van der Waals surface area (Å²) in [5.74, 6) is -0.984. The van der Waals surface area contributed by atoms with Crippen LogP contribution in [0, 0.1) is 17.8 Å². The lowest BCUT2D eigenvalue weighted by Crippen LogP contribution is -2.22. The van der Waals surface area contributed by atoms with Crippen LogP contribution in [0.5, 0.6) is 0 Å². The minimum atomic E-state index is -0.816. The molecule has 0 saturated heterocycles. The van der Waals surface area contributed by atoms with E-state index in [1.54, 1.807) is 12.2 Å². The van der Waals surface area contributed by atoms with Crippen molar-refractivity contribution in [3.05, 3.63) is 12.2 Å². The molecule has 6 nitrogen and oxygen atoms in total. The zero-order chi connectivity index (χ0) is 21.8. The van der Waals surface area contributed by atoms with Crippen LogP contribution in [0.4, 0.5) is 0 Å². The van der Waals surface area contributed by atoms with Crippen LogP contribution in [-0.2, 0) is 14.4 Å². The number of hydrogen-bond acceptors (Lipinski definition) is 6. The van der Waals surface area contributed by atoms with Crippen molar-refractivity contribution in [1.29, 1.82) is 0 Å². The summed E-state index contributed by atoms with van der Waals surface area (Å²) in [4.78, 5) is 35.6. The van der Waals surface area contributed by atoms with Gasteiger partial charge in [-0.2, -0.15) is 0 Å². The minimum Gasteiger partial charge on any atom is -0.392 e. The molecule has 0 bridgehead atoms. The van der Waals surface area contributed by atoms with Crippen molar-refractivity contribution in [1.82, 2.24) is 0 Å². The monoisotopic (exact) mass is 410 g/mol. The molecule has 1 rings (SSSR count). The quantitative estimate of drug-likeness (QED) is 0.283. The highest BCUT2D eigenvalue weighted by molar-refractivity contribution is 5.90. The van der Waals surface area contributed by atoms with Crippen LogP contribution in [0.15, 0.2) is 12.2 Å². The molecule has 0 heterocycles. The van der Waals surface area contributed by atoms with Crippen LogP contribution in [-0.4, -0.2) is 51.5 Å². The summed E-state index contributed by atoms with van der Waals surface area (Å²) < 4.78 is 0. The van der Waals surface area contributed by atoms with Crippen LogP contribution >= 0.6 is 0 Å². The molecule has 6 heteroatoms. The van der Waals surface area contributed by atoms with Gasteiger partial charge < -0.3 is 15.3 Å². The molecule has 0 radical (unpaired) electrons. The van der Waals surface area contributed by atoms with Gasteiger partial charge in [0.2, 0.25) is 0 Å². The van der Waals surface area contributed by atoms with E-state index in [0.29, 0.717) is 25.2 Å². The maximum Gasteiger partial charge on any atom is 0.158 e. The molecule has 1 aliphatic carbocycles. The molecule has 0 aliphatic heterocycles. The number of rotatable bonds is 15. The van der Waals surface area contributed by atoms with Gasteiger partial charge in [0.05, 0.1) is 12.2 Å². The molecule has 0 spiro atoms. The summed E-state index contributed by atoms with van der Waals surface area (Å²) in [5, 5.41) is 29.2. The second-order valence-corrected chi connectivity index (χ2v) is 8.50. The zero-order valence-electron chi connectivity index (χ0n) is 17.9. The third-order valence-corrected chi connectivity index (χ3v) is 5.77. The predicted molar refractivity (Wildman–Crippen MR) is 111 cm³/mol. The number of hydrogen-bond donors (Lipinski definition) is 3. The van der Waals surface area contributed by atoms with E-state index in [0.717, 1.165) is 19.3 Å². The van der Waals surface area contributed by atoms with Gasteiger partial charge in [-0.25, -0.2) is 0 Å². The molecule has 29 heavy (non-hydrogen) atoms. The van der Waals surface area contributed by atoms with Crippen molar-refractivity contribution in [2.75, 3.05) is 6.61 Å². The largest absolute Gasteiger partial charge is 0.392 e. The fourth-order valence-electron chi connectivity index (χ4n) is 3.98. The molecule has 0 aromatic carbocycles. The maximum atomic E-state index is 12.3. The summed E-state index contributed by atoms with van der Waals surface area (Å²) >= 11 is 0. The van der Waals surface area contributed by atoms with Crippen molar-refractivity contribution < 1.29 is 29.7 Å². The molecule has 1 aliphatic rings. The summed E-state index contributed by atoms with van der Waals surface area (Å²) in [5.41, 5.74) is 0. The Kier molecular flexibility index (Phi) is 12.2. The van der Waals surface area contributed by atoms with E-state index in [2.05, 4.69) is 13.8 Å². The smallest absolute Gasteiger partial charge is 0.158 e. The lowest BCUT2D eigenvalue weighted by Gasteiger charge is -2.18. The summed E-state index contributed by atoms with van der Waals surface area (Å²) in [7, 11) is 0. The van der Waals surface area contributed by atoms with Crippen molar-refractivity contribution in [2.24, 2.45) is 17.8 Å². The van der Waals surface area contributed by atoms with E-state index >= 15 is 0 Å². The molecule has 1 fully saturated rings. The van der Waals surface area contributed by atoms with Crippen LogP contribution in [0.25, 0.3) is 0 Å². The van der Waals surface area contributed by atoms with Gasteiger partial charge in [-0.1, -0.05) is 45.3 Å². The first-order valence-corrected chi connectivity index (χ1v) is 11.0. The van der Waals surface area contributed by atoms with Gasteiger partial charge in [-0.15, -0.1) is 0 Å². The normalized spacial score (nSPS) is 24.2. The topological polar surface area (TPSA) is 112 Å². The van der Waals surface area contributed by atoms with Gasteiger partial charge in [0, 0.05) is 37.5 Å². The van der Waals surface area contributed by atoms with Crippen LogP contribution < -0.4 is 0 Å². The standard InChI is InChI=1S/C23H38O6/c1-3-4-7-16(2)12-18(26)10-11-20-21(23(29)14-22(20)28)13-17(25)8-5-6-9-19(27)15-24/h10-11,16,18,20-22,24,26,28H,3-9,12-15H2,1-2H3/t16-,18+,20+,21+,22+/m0/s1. The molecule has 5 atom stereocenters. The fourth-order valence-corrected chi connectivity index (χ4v) is 3.98. The second-order valence-electron chi connectivity index (χ2n) is 8.50. The van der Waals surface area contributed by atoms with Crippen molar-refractivity contribution >= 4 is 17.3 Å². The average Bonchev–Trinajstić information content (AvgIpc) is 2.94. The van der Waals surface area contributed by atoms with Crippen molar-refractivity contribution in [3.8, 4) is 0 Å². The fraction of sp³-hybridized carbons (Fsp3) is 0.783. The number of aliphatic hydroxyl groups is 3. The van der Waals surface area contributed by atoms with Gasteiger partial charge in [0.25, 0.3) is 0 Å². The Bertz CT molecular complexity index is 556. The number of aliphatic hydroxyl groups excluding tert-OH is 3. The highest BCUT2D eigenvalue weighted by Gasteiger charge is 2.40. The summed E-state index contributed by atoms with van der Waals surface area (Å²) in [6.45, 7) is 3.77. The minimum absolute atomic E-state index is 0.0426. The Morgan fingerprint density at radius 2 is 1.83 bits per heavy atom. The van der Waals surface area contributed by atoms with E-state index in [9.17, 15) is 24.6 Å². The van der Waals surface area contributed by atoms with Gasteiger partial charge in [0.15, 0.2) is 5.78 Å². The first-order chi connectivity index (χ1) is 13.8. The molecule has 1 saturated carbocycles. The lowest BCUT2D eigenvalue weighted by atomic mass is 9.87. The van der Waals surface area contributed by atoms with E-state index < -0.39 is 30.7 Å². The zero-order valence-corrected chi connectivity index (χ0v) is 17.9. The Morgan fingerprint density at radius 1 is 1.17 bits per heavy atom. The highest BCUT2D eigenvalue weighted by Crippen LogP contribution is 2.34. The molecule has 0 unspecified atom stereocenters. The number of carbonyl (C=O) groups excluding carboxylic acids is 3. The number of ketones is 3. The van der Waals surface area contributed by atoms with Gasteiger partial charge in [-0.05, 0) is 25.2 Å². The van der Waals surface area contributed by atoms with Gasteiger partial charge in [-0.3, -0.25) is 14.4 Å². The predicted octanol–water partition coefficient (Wildman–Crippen LogP) is 2.77. The molecule has 0 aromatic rings. The Labute approximate surface area is 174 Å². The molecular formula is C23H38O6. The van der Waals surface area contributed by atoms with E-state index in [4.69, 9.17) is 5.11 Å². The Morgan fingerprint density at radius 3 is 2.45 bits per heavy atom. The molecule has 0 amide bonds. The summed E-state index contributed by atoms with van der Waals surface area (Å²) in [6.07, 6.45) is 7.65. The summed E-state index contributed by atoms with van der Waals surface area (Å²) in [6, 6.07) is 0. The average molecular weight is 411 g/mol. The van der Waals surface area contributed by atoms with Crippen molar-refractivity contribution in [3.63, 3.8) is 0 Å². The van der Waals surface area contributed by atoms with E-state index in [-0.39, 0.29) is 43.0 Å². The molecular weight excluding hydrogens is 372 g/mol. The number of Topliss-reactive ketones (excluding diaryl/α,β-unsaturated/α-hetero) is 3. The van der Waals surface area contributed by atoms with Crippen LogP contribution in [0.3, 0.4) is 0 Å². The third kappa shape index (κ3) is 9.79. The molecule has 0 aromatic heterocycles. The number of carbonyl (C=O) groups is 3. The highest BCUT2D eigenvalue weighted by atomic mass is 16.3. The molecule has 3 N–H and O–H groups in total. The lowest BCUT2D eigenvalue weighted by molar-refractivity contribution is -0.127. The molecule has 166 valence electrons. The van der Waals surface area contributed by atoms with Gasteiger partial charge in [0.1, 0.15) is 18.2 Å². The van der Waals surface area contributed by atoms with Gasteiger partial charge >= 0.3 is 0 Å². The van der Waals surface area contributed by atoms with Crippen LogP contribution in [0.2, 0.25) is 0 Å². The van der Waals surface area contributed by atoms with E-state index in [1.807, 2.05) is 0 Å². The Balaban J connectivity index is 2.52. The SMILES string of the molecule is CCCC[C@H](C)C[C@H](O)C=C[C@H]1[C@H](O)CC(=O)[C@@H]1CC(=O)CCCCC(=O)CO. The Hall–Kier alpha value is -1.37. The maximum absolute atomic E-state index is 12.3. The number of unbranched alkanes of at least 4 members (excludes halogenated alkanes) is 2. The first-order valence-electron chi connectivity index (χ1n) is 11.0. The van der Waals surface area contributed by atoms with Crippen LogP contribution in [0.1, 0.15) is 78.1 Å². The van der Waals surface area contributed by atoms with Crippen molar-refractivity contribution in [2.45, 2.75) is 90.3 Å². The second kappa shape index (κ2) is 13.8. The first kappa shape index (κ1) is 25.7. The third-order valence-electron chi connectivity index (χ3n) is 5.77. The van der Waals surface area contributed by atoms with E-state index in [1.165, 1.54) is 0 Å².